The summed E-state index contributed by atoms with van der Waals surface area (Å²) in [5, 5.41) is 14.5. The summed E-state index contributed by atoms with van der Waals surface area (Å²) < 4.78 is 5.04. The van der Waals surface area contributed by atoms with E-state index in [4.69, 9.17) is 10.1 Å². The van der Waals surface area contributed by atoms with Crippen molar-refractivity contribution in [1.82, 2.24) is 9.88 Å². The van der Waals surface area contributed by atoms with Gasteiger partial charge in [-0.05, 0) is 35.4 Å². The van der Waals surface area contributed by atoms with Gasteiger partial charge in [0, 0.05) is 51.4 Å². The van der Waals surface area contributed by atoms with E-state index in [1.54, 1.807) is 50.5 Å². The summed E-state index contributed by atoms with van der Waals surface area (Å²) in [5.74, 6) is 0.278. The number of likely N-dealkylation sites (N-methyl/N-ethyl adjacent to an activating group) is 1. The number of pyridine rings is 1. The first-order valence-electron chi connectivity index (χ1n) is 10.8. The summed E-state index contributed by atoms with van der Waals surface area (Å²) in [7, 11) is 5.10. The fourth-order valence-corrected chi connectivity index (χ4v) is 3.49. The molecule has 0 aliphatic heterocycles. The van der Waals surface area contributed by atoms with E-state index in [1.807, 2.05) is 36.4 Å². The highest BCUT2D eigenvalue weighted by molar-refractivity contribution is 6.14. The Kier molecular flexibility index (Phi) is 8.10. The van der Waals surface area contributed by atoms with Gasteiger partial charge >= 0.3 is 0 Å². The Hall–Kier alpha value is -4.04. The summed E-state index contributed by atoms with van der Waals surface area (Å²) in [5.41, 5.74) is 4.54. The fourth-order valence-electron chi connectivity index (χ4n) is 3.49. The largest absolute Gasteiger partial charge is 0.383 e. The minimum atomic E-state index is -0.203. The number of carbonyl (C=O) groups excluding carboxylic acids is 2. The molecule has 0 fully saturated rings. The first-order valence-corrected chi connectivity index (χ1v) is 10.8. The predicted molar refractivity (Wildman–Crippen MR) is 135 cm³/mol. The van der Waals surface area contributed by atoms with Gasteiger partial charge in [0.2, 0.25) is 5.91 Å². The molecule has 0 unspecified atom stereocenters. The van der Waals surface area contributed by atoms with Crippen LogP contribution in [0.5, 0.6) is 0 Å². The molecular weight excluding hydrogens is 430 g/mol. The van der Waals surface area contributed by atoms with Gasteiger partial charge in [0.25, 0.3) is 5.91 Å². The van der Waals surface area contributed by atoms with E-state index >= 15 is 0 Å². The lowest BCUT2D eigenvalue weighted by atomic mass is 9.97. The van der Waals surface area contributed by atoms with Crippen LogP contribution >= 0.6 is 0 Å². The van der Waals surface area contributed by atoms with Crippen molar-refractivity contribution in [3.63, 3.8) is 0 Å². The van der Waals surface area contributed by atoms with Gasteiger partial charge in [-0.3, -0.25) is 15.0 Å². The number of nitrogens with one attached hydrogen (secondary N) is 3. The number of methoxy groups -OCH3 is 1. The quantitative estimate of drug-likeness (QED) is 0.421. The molecule has 8 nitrogen and oxygen atoms in total. The molecule has 8 heteroatoms. The molecule has 3 aromatic rings. The van der Waals surface area contributed by atoms with Gasteiger partial charge < -0.3 is 20.3 Å². The third-order valence-corrected chi connectivity index (χ3v) is 5.31. The second kappa shape index (κ2) is 11.2. The number of ether oxygens (including phenoxy) is 1. The summed E-state index contributed by atoms with van der Waals surface area (Å²) in [6.45, 7) is 2.43. The average Bonchev–Trinajstić information content (AvgIpc) is 2.86. The van der Waals surface area contributed by atoms with Crippen LogP contribution < -0.4 is 10.6 Å². The van der Waals surface area contributed by atoms with Gasteiger partial charge in [-0.1, -0.05) is 30.3 Å². The molecule has 3 N–H and O–H groups in total. The maximum Gasteiger partial charge on any atom is 0.253 e. The lowest BCUT2D eigenvalue weighted by Gasteiger charge is -2.17. The Labute approximate surface area is 199 Å². The second-order valence-corrected chi connectivity index (χ2v) is 7.80. The molecule has 2 aromatic carbocycles. The molecule has 0 bridgehead atoms. The van der Waals surface area contributed by atoms with E-state index in [9.17, 15) is 9.59 Å². The first kappa shape index (κ1) is 24.6. The number of amides is 2. The highest BCUT2D eigenvalue weighted by Gasteiger charge is 2.14. The van der Waals surface area contributed by atoms with Crippen molar-refractivity contribution in [2.24, 2.45) is 0 Å². The molecule has 0 atom stereocenters. The minimum Gasteiger partial charge on any atom is -0.383 e. The van der Waals surface area contributed by atoms with E-state index in [-0.39, 0.29) is 17.5 Å². The summed E-state index contributed by atoms with van der Waals surface area (Å²) >= 11 is 0. The van der Waals surface area contributed by atoms with Crippen molar-refractivity contribution in [2.75, 3.05) is 45.0 Å². The van der Waals surface area contributed by atoms with Crippen LogP contribution in [0.3, 0.4) is 0 Å². The van der Waals surface area contributed by atoms with Gasteiger partial charge in [0.1, 0.15) is 5.82 Å². The standard InChI is InChI=1S/C26H29N5O3/c1-17(32)30-22-15-23(25(28-2)29-16-22)24(27)21-7-5-6-20(14-21)18-8-10-19(11-9-18)26(33)31(3)12-13-34-4/h5-11,14-16,27H,12-13H2,1-4H3,(H,28,29)(H,30,32). The summed E-state index contributed by atoms with van der Waals surface area (Å²) in [4.78, 5) is 29.9. The van der Waals surface area contributed by atoms with Crippen molar-refractivity contribution in [3.05, 3.63) is 77.5 Å². The van der Waals surface area contributed by atoms with Crippen LogP contribution in [0, 0.1) is 5.41 Å². The number of carbonyl (C=O) groups is 2. The van der Waals surface area contributed by atoms with Crippen LogP contribution in [0.25, 0.3) is 11.1 Å². The molecule has 0 saturated carbocycles. The lowest BCUT2D eigenvalue weighted by Crippen LogP contribution is -2.29. The van der Waals surface area contributed by atoms with Crippen LogP contribution in [-0.4, -0.2) is 61.8 Å². The molecule has 1 aromatic heterocycles. The summed E-state index contributed by atoms with van der Waals surface area (Å²) in [6.07, 6.45) is 1.55. The van der Waals surface area contributed by atoms with Crippen molar-refractivity contribution in [2.45, 2.75) is 6.92 Å². The van der Waals surface area contributed by atoms with E-state index in [0.29, 0.717) is 41.3 Å². The molecule has 2 amide bonds. The van der Waals surface area contributed by atoms with E-state index in [0.717, 1.165) is 11.1 Å². The zero-order chi connectivity index (χ0) is 24.7. The minimum absolute atomic E-state index is 0.0646. The molecule has 0 radical (unpaired) electrons. The Morgan fingerprint density at radius 2 is 1.79 bits per heavy atom. The third-order valence-electron chi connectivity index (χ3n) is 5.31. The first-order chi connectivity index (χ1) is 16.3. The van der Waals surface area contributed by atoms with E-state index < -0.39 is 0 Å². The lowest BCUT2D eigenvalue weighted by molar-refractivity contribution is -0.114. The van der Waals surface area contributed by atoms with Crippen molar-refractivity contribution < 1.29 is 14.3 Å². The molecule has 3 rings (SSSR count). The Morgan fingerprint density at radius 3 is 2.44 bits per heavy atom. The number of benzene rings is 2. The monoisotopic (exact) mass is 459 g/mol. The highest BCUT2D eigenvalue weighted by Crippen LogP contribution is 2.25. The van der Waals surface area contributed by atoms with Gasteiger partial charge in [0.15, 0.2) is 0 Å². The zero-order valence-corrected chi connectivity index (χ0v) is 19.8. The third kappa shape index (κ3) is 5.85. The Balaban J connectivity index is 1.86. The zero-order valence-electron chi connectivity index (χ0n) is 19.8. The highest BCUT2D eigenvalue weighted by atomic mass is 16.5. The molecule has 34 heavy (non-hydrogen) atoms. The van der Waals surface area contributed by atoms with Crippen molar-refractivity contribution >= 4 is 29.0 Å². The SMILES string of the molecule is CNc1ncc(NC(C)=O)cc1C(=N)c1cccc(-c2ccc(C(=O)N(C)CCOC)cc2)c1. The molecule has 0 saturated heterocycles. The smallest absolute Gasteiger partial charge is 0.253 e. The van der Waals surface area contributed by atoms with Crippen LogP contribution in [0.15, 0.2) is 60.8 Å². The Bertz CT molecular complexity index is 1190. The fraction of sp³-hybridized carbons (Fsp3) is 0.231. The second-order valence-electron chi connectivity index (χ2n) is 7.80. The van der Waals surface area contributed by atoms with E-state index in [1.165, 1.54) is 6.92 Å². The number of aromatic nitrogens is 1. The molecular formula is C26H29N5O3. The van der Waals surface area contributed by atoms with Crippen LogP contribution in [0.4, 0.5) is 11.5 Å². The van der Waals surface area contributed by atoms with Crippen molar-refractivity contribution in [3.8, 4) is 11.1 Å². The van der Waals surface area contributed by atoms with Crippen LogP contribution in [-0.2, 0) is 9.53 Å². The topological polar surface area (TPSA) is 107 Å². The number of hydrogen-bond acceptors (Lipinski definition) is 6. The summed E-state index contributed by atoms with van der Waals surface area (Å²) in [6, 6.07) is 16.8. The molecule has 176 valence electrons. The number of rotatable bonds is 9. The van der Waals surface area contributed by atoms with Crippen LogP contribution in [0.2, 0.25) is 0 Å². The number of nitrogens with zero attached hydrogens (tertiary/aromatic N) is 2. The normalized spacial score (nSPS) is 10.5. The molecule has 0 spiro atoms. The predicted octanol–water partition coefficient (Wildman–Crippen LogP) is 3.88. The molecule has 1 heterocycles. The number of hydrogen-bond donors (Lipinski definition) is 3. The maximum atomic E-state index is 12.6. The van der Waals surface area contributed by atoms with Gasteiger partial charge in [-0.2, -0.15) is 0 Å². The molecule has 0 aliphatic carbocycles. The van der Waals surface area contributed by atoms with Gasteiger partial charge in [0.05, 0.1) is 24.2 Å². The van der Waals surface area contributed by atoms with Gasteiger partial charge in [-0.25, -0.2) is 4.98 Å². The average molecular weight is 460 g/mol. The number of anilines is 2. The van der Waals surface area contributed by atoms with Gasteiger partial charge in [-0.15, -0.1) is 0 Å². The van der Waals surface area contributed by atoms with Crippen LogP contribution in [0.1, 0.15) is 28.4 Å². The molecule has 0 aliphatic rings. The Morgan fingerprint density at radius 1 is 1.06 bits per heavy atom. The van der Waals surface area contributed by atoms with Crippen molar-refractivity contribution in [1.29, 1.82) is 5.41 Å². The van der Waals surface area contributed by atoms with E-state index in [2.05, 4.69) is 15.6 Å². The maximum absolute atomic E-state index is 12.6.